The van der Waals surface area contributed by atoms with Crippen LogP contribution in [0.5, 0.6) is 5.75 Å². The van der Waals surface area contributed by atoms with Gasteiger partial charge in [0.05, 0.1) is 5.69 Å². The summed E-state index contributed by atoms with van der Waals surface area (Å²) in [5, 5.41) is 11.3. The summed E-state index contributed by atoms with van der Waals surface area (Å²) in [5.74, 6) is 0.228. The fourth-order valence-corrected chi connectivity index (χ4v) is 3.43. The molecule has 0 radical (unpaired) electrons. The van der Waals surface area contributed by atoms with Crippen molar-refractivity contribution in [3.8, 4) is 28.1 Å². The van der Waals surface area contributed by atoms with E-state index in [4.69, 9.17) is 21.0 Å². The summed E-state index contributed by atoms with van der Waals surface area (Å²) in [6, 6.07) is 24.6. The minimum absolute atomic E-state index is 0.228. The molecule has 3 aromatic carbocycles. The standard InChI is InChI=1S/C23H14ClNO2/c24-16-9-5-15(6-10-16)20-13-19(14-7-11-17(26)12-8-14)23-22(25-20)18-3-1-2-4-21(18)27-23/h1-13,26H. The molecule has 0 aliphatic heterocycles. The first-order chi connectivity index (χ1) is 13.2. The molecule has 4 heteroatoms. The SMILES string of the molecule is Oc1ccc(-c2cc(-c3ccc(Cl)cc3)nc3c2oc2ccccc23)cc1. The van der Waals surface area contributed by atoms with Crippen molar-refractivity contribution in [3.63, 3.8) is 0 Å². The molecule has 2 heterocycles. The van der Waals surface area contributed by atoms with E-state index in [1.165, 1.54) is 0 Å². The predicted octanol–water partition coefficient (Wildman–Crippen LogP) is 6.67. The molecule has 0 saturated heterocycles. The van der Waals surface area contributed by atoms with Crippen LogP contribution in [0.2, 0.25) is 5.02 Å². The number of nitrogens with zero attached hydrogens (tertiary/aromatic N) is 1. The van der Waals surface area contributed by atoms with Gasteiger partial charge in [0.15, 0.2) is 5.58 Å². The first kappa shape index (κ1) is 15.9. The third-order valence-electron chi connectivity index (χ3n) is 4.65. The molecule has 0 aliphatic rings. The number of fused-ring (bicyclic) bond motifs is 3. The highest BCUT2D eigenvalue weighted by atomic mass is 35.5. The fraction of sp³-hybridized carbons (Fsp3) is 0. The Morgan fingerprint density at radius 1 is 0.815 bits per heavy atom. The molecular formula is C23H14ClNO2. The van der Waals surface area contributed by atoms with Crippen molar-refractivity contribution < 1.29 is 9.52 Å². The highest BCUT2D eigenvalue weighted by molar-refractivity contribution is 6.30. The molecule has 0 amide bonds. The molecule has 1 N–H and O–H groups in total. The molecule has 0 fully saturated rings. The Bertz CT molecular complexity index is 1270. The zero-order valence-corrected chi connectivity index (χ0v) is 14.9. The normalized spacial score (nSPS) is 11.3. The van der Waals surface area contributed by atoms with Crippen molar-refractivity contribution in [3.05, 3.63) is 83.9 Å². The van der Waals surface area contributed by atoms with Gasteiger partial charge in [-0.2, -0.15) is 0 Å². The highest BCUT2D eigenvalue weighted by Gasteiger charge is 2.16. The van der Waals surface area contributed by atoms with Crippen molar-refractivity contribution in [1.82, 2.24) is 4.98 Å². The minimum Gasteiger partial charge on any atom is -0.508 e. The number of para-hydroxylation sites is 1. The minimum atomic E-state index is 0.228. The Morgan fingerprint density at radius 3 is 2.30 bits per heavy atom. The molecule has 0 aliphatic carbocycles. The van der Waals surface area contributed by atoms with Crippen molar-refractivity contribution in [1.29, 1.82) is 0 Å². The topological polar surface area (TPSA) is 46.3 Å². The van der Waals surface area contributed by atoms with E-state index in [2.05, 4.69) is 0 Å². The summed E-state index contributed by atoms with van der Waals surface area (Å²) in [7, 11) is 0. The Balaban J connectivity index is 1.85. The second-order valence-corrected chi connectivity index (χ2v) is 6.82. The van der Waals surface area contributed by atoms with E-state index in [9.17, 15) is 5.11 Å². The molecule has 27 heavy (non-hydrogen) atoms. The number of aromatic hydroxyl groups is 1. The summed E-state index contributed by atoms with van der Waals surface area (Å²) in [6.45, 7) is 0. The van der Waals surface area contributed by atoms with Gasteiger partial charge >= 0.3 is 0 Å². The van der Waals surface area contributed by atoms with Gasteiger partial charge in [0.2, 0.25) is 0 Å². The number of rotatable bonds is 2. The van der Waals surface area contributed by atoms with E-state index >= 15 is 0 Å². The lowest BCUT2D eigenvalue weighted by Gasteiger charge is -2.07. The van der Waals surface area contributed by atoms with Gasteiger partial charge < -0.3 is 9.52 Å². The third-order valence-corrected chi connectivity index (χ3v) is 4.90. The molecule has 0 unspecified atom stereocenters. The van der Waals surface area contributed by atoms with Crippen LogP contribution in [-0.2, 0) is 0 Å². The van der Waals surface area contributed by atoms with Gasteiger partial charge in [-0.3, -0.25) is 0 Å². The van der Waals surface area contributed by atoms with E-state index in [0.29, 0.717) is 5.02 Å². The maximum absolute atomic E-state index is 9.64. The molecule has 130 valence electrons. The quantitative estimate of drug-likeness (QED) is 0.376. The van der Waals surface area contributed by atoms with Crippen LogP contribution < -0.4 is 0 Å². The first-order valence-corrected chi connectivity index (χ1v) is 8.94. The number of hydrogen-bond acceptors (Lipinski definition) is 3. The predicted molar refractivity (Wildman–Crippen MR) is 109 cm³/mol. The van der Waals surface area contributed by atoms with E-state index in [-0.39, 0.29) is 5.75 Å². The summed E-state index contributed by atoms with van der Waals surface area (Å²) < 4.78 is 6.13. The van der Waals surface area contributed by atoms with E-state index < -0.39 is 0 Å². The summed E-state index contributed by atoms with van der Waals surface area (Å²) in [5.41, 5.74) is 6.06. The van der Waals surface area contributed by atoms with Crippen molar-refractivity contribution in [2.75, 3.05) is 0 Å². The van der Waals surface area contributed by atoms with Crippen molar-refractivity contribution >= 4 is 33.7 Å². The molecule has 5 aromatic rings. The Labute approximate surface area is 160 Å². The van der Waals surface area contributed by atoms with Gasteiger partial charge in [-0.15, -0.1) is 0 Å². The number of halogens is 1. The van der Waals surface area contributed by atoms with Crippen LogP contribution in [0, 0.1) is 0 Å². The number of furan rings is 1. The Hall–Kier alpha value is -3.30. The van der Waals surface area contributed by atoms with Gasteiger partial charge in [-0.25, -0.2) is 4.98 Å². The van der Waals surface area contributed by atoms with E-state index in [0.717, 1.165) is 44.5 Å². The van der Waals surface area contributed by atoms with Crippen molar-refractivity contribution in [2.45, 2.75) is 0 Å². The number of aromatic nitrogens is 1. The van der Waals surface area contributed by atoms with E-state index in [1.807, 2.05) is 66.7 Å². The van der Waals surface area contributed by atoms with Crippen LogP contribution in [-0.4, -0.2) is 10.1 Å². The molecule has 0 spiro atoms. The number of hydrogen-bond donors (Lipinski definition) is 1. The van der Waals surface area contributed by atoms with Gasteiger partial charge in [-0.1, -0.05) is 48.0 Å². The van der Waals surface area contributed by atoms with Crippen LogP contribution in [0.3, 0.4) is 0 Å². The molecule has 2 aromatic heterocycles. The molecule has 0 bridgehead atoms. The van der Waals surface area contributed by atoms with Gasteiger partial charge in [0.1, 0.15) is 16.8 Å². The largest absolute Gasteiger partial charge is 0.508 e. The molecule has 0 saturated carbocycles. The maximum atomic E-state index is 9.64. The average Bonchev–Trinajstić information content (AvgIpc) is 3.07. The molecule has 0 atom stereocenters. The van der Waals surface area contributed by atoms with Crippen LogP contribution in [0.4, 0.5) is 0 Å². The summed E-state index contributed by atoms with van der Waals surface area (Å²) in [4.78, 5) is 4.88. The zero-order valence-electron chi connectivity index (χ0n) is 14.2. The number of phenolic OH excluding ortho intramolecular Hbond substituents is 1. The maximum Gasteiger partial charge on any atom is 0.161 e. The number of benzene rings is 3. The monoisotopic (exact) mass is 371 g/mol. The van der Waals surface area contributed by atoms with E-state index in [1.54, 1.807) is 12.1 Å². The average molecular weight is 372 g/mol. The highest BCUT2D eigenvalue weighted by Crippen LogP contribution is 2.37. The van der Waals surface area contributed by atoms with Gasteiger partial charge in [-0.05, 0) is 48.0 Å². The molecule has 5 rings (SSSR count). The lowest BCUT2D eigenvalue weighted by Crippen LogP contribution is -1.88. The third kappa shape index (κ3) is 2.73. The summed E-state index contributed by atoms with van der Waals surface area (Å²) in [6.07, 6.45) is 0. The second-order valence-electron chi connectivity index (χ2n) is 6.38. The van der Waals surface area contributed by atoms with Crippen LogP contribution >= 0.6 is 11.6 Å². The first-order valence-electron chi connectivity index (χ1n) is 8.57. The smallest absolute Gasteiger partial charge is 0.161 e. The Morgan fingerprint density at radius 2 is 1.52 bits per heavy atom. The second kappa shape index (κ2) is 6.15. The van der Waals surface area contributed by atoms with Crippen LogP contribution in [0.1, 0.15) is 0 Å². The molecule has 3 nitrogen and oxygen atoms in total. The Kier molecular flexibility index (Phi) is 3.62. The van der Waals surface area contributed by atoms with Gasteiger partial charge in [0.25, 0.3) is 0 Å². The summed E-state index contributed by atoms with van der Waals surface area (Å²) >= 11 is 6.04. The molecular weight excluding hydrogens is 358 g/mol. The number of phenols is 1. The van der Waals surface area contributed by atoms with Crippen LogP contribution in [0.25, 0.3) is 44.5 Å². The van der Waals surface area contributed by atoms with Crippen LogP contribution in [0.15, 0.2) is 83.3 Å². The van der Waals surface area contributed by atoms with Crippen molar-refractivity contribution in [2.24, 2.45) is 0 Å². The lowest BCUT2D eigenvalue weighted by atomic mass is 10.0. The zero-order chi connectivity index (χ0) is 18.4. The van der Waals surface area contributed by atoms with Gasteiger partial charge in [0, 0.05) is 21.5 Å². The lowest BCUT2D eigenvalue weighted by molar-refractivity contribution is 0.475. The fourth-order valence-electron chi connectivity index (χ4n) is 3.30. The number of pyridine rings is 1.